The highest BCUT2D eigenvalue weighted by molar-refractivity contribution is 6.30. The average Bonchev–Trinajstić information content (AvgIpc) is 2.59. The minimum absolute atomic E-state index is 0.269. The summed E-state index contributed by atoms with van der Waals surface area (Å²) in [6.07, 6.45) is -0.491. The molecule has 0 saturated carbocycles. The fourth-order valence-corrected chi connectivity index (χ4v) is 3.40. The SMILES string of the molecule is CCOC(=O)NC(c1ccc(Cl)cc1)c1cc(C(C)(C)C)c(O)c(C(C)(C)C)c1. The number of phenolic OH excluding ortho intramolecular Hbond substituents is 1. The van der Waals surface area contributed by atoms with Gasteiger partial charge in [-0.1, -0.05) is 65.3 Å². The number of alkyl carbamates (subject to hydrolysis) is 1. The summed E-state index contributed by atoms with van der Waals surface area (Å²) >= 11 is 6.06. The van der Waals surface area contributed by atoms with Gasteiger partial charge in [0.25, 0.3) is 0 Å². The highest BCUT2D eigenvalue weighted by Crippen LogP contribution is 2.41. The van der Waals surface area contributed by atoms with Gasteiger partial charge in [-0.2, -0.15) is 0 Å². The first-order valence-electron chi connectivity index (χ1n) is 9.91. The Morgan fingerprint density at radius 2 is 1.48 bits per heavy atom. The molecule has 1 amide bonds. The van der Waals surface area contributed by atoms with E-state index in [-0.39, 0.29) is 17.4 Å². The number of hydrogen-bond acceptors (Lipinski definition) is 3. The van der Waals surface area contributed by atoms with Crippen molar-refractivity contribution in [2.75, 3.05) is 6.61 Å². The molecule has 2 N–H and O–H groups in total. The summed E-state index contributed by atoms with van der Waals surface area (Å²) in [5.74, 6) is 0.305. The molecule has 0 aromatic heterocycles. The third-order valence-corrected chi connectivity index (χ3v) is 5.07. The molecule has 158 valence electrons. The summed E-state index contributed by atoms with van der Waals surface area (Å²) < 4.78 is 5.13. The highest BCUT2D eigenvalue weighted by Gasteiger charge is 2.29. The lowest BCUT2D eigenvalue weighted by Gasteiger charge is -2.30. The third-order valence-electron chi connectivity index (χ3n) is 4.82. The Bertz CT molecular complexity index is 826. The molecule has 0 fully saturated rings. The van der Waals surface area contributed by atoms with Crippen LogP contribution < -0.4 is 5.32 Å². The molecule has 0 bridgehead atoms. The van der Waals surface area contributed by atoms with Gasteiger partial charge in [-0.15, -0.1) is 0 Å². The molecule has 0 radical (unpaired) electrons. The molecule has 0 aliphatic carbocycles. The lowest BCUT2D eigenvalue weighted by Crippen LogP contribution is -2.30. The van der Waals surface area contributed by atoms with Crippen LogP contribution in [0.15, 0.2) is 36.4 Å². The molecule has 1 atom stereocenters. The fourth-order valence-electron chi connectivity index (χ4n) is 3.27. The lowest BCUT2D eigenvalue weighted by atomic mass is 9.77. The predicted molar refractivity (Wildman–Crippen MR) is 119 cm³/mol. The summed E-state index contributed by atoms with van der Waals surface area (Å²) in [4.78, 5) is 12.3. The van der Waals surface area contributed by atoms with Crippen molar-refractivity contribution in [3.8, 4) is 5.75 Å². The van der Waals surface area contributed by atoms with Crippen LogP contribution in [0.5, 0.6) is 5.75 Å². The summed E-state index contributed by atoms with van der Waals surface area (Å²) in [7, 11) is 0. The number of amides is 1. The van der Waals surface area contributed by atoms with Gasteiger partial charge in [0.1, 0.15) is 5.75 Å². The zero-order valence-electron chi connectivity index (χ0n) is 18.4. The maximum atomic E-state index is 12.3. The van der Waals surface area contributed by atoms with Gasteiger partial charge in [0.15, 0.2) is 0 Å². The largest absolute Gasteiger partial charge is 0.507 e. The summed E-state index contributed by atoms with van der Waals surface area (Å²) in [5, 5.41) is 14.6. The Hall–Kier alpha value is -2.20. The quantitative estimate of drug-likeness (QED) is 0.598. The Labute approximate surface area is 179 Å². The first kappa shape index (κ1) is 23.1. The van der Waals surface area contributed by atoms with Crippen LogP contribution in [0, 0.1) is 0 Å². The molecule has 2 aromatic carbocycles. The molecule has 1 unspecified atom stereocenters. The van der Waals surface area contributed by atoms with Crippen molar-refractivity contribution in [1.82, 2.24) is 5.32 Å². The molecule has 5 heteroatoms. The number of benzene rings is 2. The molecule has 4 nitrogen and oxygen atoms in total. The topological polar surface area (TPSA) is 58.6 Å². The van der Waals surface area contributed by atoms with Crippen LogP contribution in [-0.4, -0.2) is 17.8 Å². The van der Waals surface area contributed by atoms with Crippen molar-refractivity contribution < 1.29 is 14.6 Å². The van der Waals surface area contributed by atoms with Gasteiger partial charge in [-0.25, -0.2) is 4.79 Å². The molecule has 0 aliphatic rings. The van der Waals surface area contributed by atoms with Crippen LogP contribution >= 0.6 is 11.6 Å². The van der Waals surface area contributed by atoms with Crippen LogP contribution in [0.3, 0.4) is 0 Å². The third kappa shape index (κ3) is 5.66. The minimum Gasteiger partial charge on any atom is -0.507 e. The molecule has 0 heterocycles. The zero-order chi connectivity index (χ0) is 22.0. The van der Waals surface area contributed by atoms with Crippen molar-refractivity contribution in [3.05, 3.63) is 63.7 Å². The van der Waals surface area contributed by atoms with Crippen molar-refractivity contribution in [2.45, 2.75) is 65.3 Å². The van der Waals surface area contributed by atoms with E-state index >= 15 is 0 Å². The number of halogens is 1. The zero-order valence-corrected chi connectivity index (χ0v) is 19.1. The highest BCUT2D eigenvalue weighted by atomic mass is 35.5. The molecular formula is C24H32ClNO3. The maximum Gasteiger partial charge on any atom is 0.407 e. The number of phenols is 1. The number of aromatic hydroxyl groups is 1. The number of rotatable bonds is 4. The van der Waals surface area contributed by atoms with E-state index in [0.717, 1.165) is 22.3 Å². The molecule has 2 aromatic rings. The van der Waals surface area contributed by atoms with Gasteiger partial charge in [-0.3, -0.25) is 0 Å². The number of carbonyl (C=O) groups is 1. The predicted octanol–water partition coefficient (Wildman–Crippen LogP) is 6.48. The Kier molecular flexibility index (Phi) is 6.89. The Morgan fingerprint density at radius 3 is 1.90 bits per heavy atom. The molecule has 0 aliphatic heterocycles. The normalized spacial score (nSPS) is 13.1. The van der Waals surface area contributed by atoms with Gasteiger partial charge in [-0.05, 0) is 64.3 Å². The van der Waals surface area contributed by atoms with Crippen molar-refractivity contribution >= 4 is 17.7 Å². The minimum atomic E-state index is -0.491. The van der Waals surface area contributed by atoms with Crippen LogP contribution in [0.4, 0.5) is 4.79 Å². The van der Waals surface area contributed by atoms with Crippen molar-refractivity contribution in [1.29, 1.82) is 0 Å². The lowest BCUT2D eigenvalue weighted by molar-refractivity contribution is 0.149. The summed E-state index contributed by atoms with van der Waals surface area (Å²) in [5.41, 5.74) is 2.90. The van der Waals surface area contributed by atoms with E-state index in [9.17, 15) is 9.90 Å². The fraction of sp³-hybridized carbons (Fsp3) is 0.458. The van der Waals surface area contributed by atoms with E-state index in [4.69, 9.17) is 16.3 Å². The van der Waals surface area contributed by atoms with Gasteiger partial charge in [0, 0.05) is 5.02 Å². The van der Waals surface area contributed by atoms with E-state index in [1.807, 2.05) is 24.3 Å². The standard InChI is InChI=1S/C24H32ClNO3/c1-8-29-22(28)26-20(15-9-11-17(25)12-10-15)16-13-18(23(2,3)4)21(27)19(14-16)24(5,6)7/h9-14,20,27H,8H2,1-7H3,(H,26,28). The number of carbonyl (C=O) groups excluding carboxylic acids is 1. The van der Waals surface area contributed by atoms with Crippen LogP contribution in [0.1, 0.15) is 76.8 Å². The van der Waals surface area contributed by atoms with Crippen LogP contribution in [0.2, 0.25) is 5.02 Å². The smallest absolute Gasteiger partial charge is 0.407 e. The average molecular weight is 418 g/mol. The van der Waals surface area contributed by atoms with Crippen molar-refractivity contribution in [3.63, 3.8) is 0 Å². The first-order chi connectivity index (χ1) is 13.3. The van der Waals surface area contributed by atoms with E-state index in [0.29, 0.717) is 10.8 Å². The van der Waals surface area contributed by atoms with Gasteiger partial charge in [0.2, 0.25) is 0 Å². The second-order valence-electron chi connectivity index (χ2n) is 9.31. The first-order valence-corrected chi connectivity index (χ1v) is 10.3. The maximum absolute atomic E-state index is 12.3. The Morgan fingerprint density at radius 1 is 1.00 bits per heavy atom. The molecule has 29 heavy (non-hydrogen) atoms. The van der Waals surface area contributed by atoms with Crippen molar-refractivity contribution in [2.24, 2.45) is 0 Å². The second kappa shape index (κ2) is 8.66. The van der Waals surface area contributed by atoms with Gasteiger partial charge >= 0.3 is 6.09 Å². The second-order valence-corrected chi connectivity index (χ2v) is 9.75. The number of nitrogens with one attached hydrogen (secondary N) is 1. The number of hydrogen-bond donors (Lipinski definition) is 2. The molecular weight excluding hydrogens is 386 g/mol. The van der Waals surface area contributed by atoms with E-state index < -0.39 is 12.1 Å². The molecule has 2 rings (SSSR count). The van der Waals surface area contributed by atoms with E-state index in [2.05, 4.69) is 46.9 Å². The van der Waals surface area contributed by atoms with Crippen LogP contribution in [0.25, 0.3) is 0 Å². The summed E-state index contributed by atoms with van der Waals surface area (Å²) in [6, 6.07) is 10.9. The van der Waals surface area contributed by atoms with E-state index in [1.165, 1.54) is 0 Å². The van der Waals surface area contributed by atoms with Gasteiger partial charge < -0.3 is 15.2 Å². The van der Waals surface area contributed by atoms with Crippen LogP contribution in [-0.2, 0) is 15.6 Å². The number of ether oxygens (including phenoxy) is 1. The van der Waals surface area contributed by atoms with Gasteiger partial charge in [0.05, 0.1) is 12.6 Å². The molecule has 0 spiro atoms. The Balaban J connectivity index is 2.71. The molecule has 0 saturated heterocycles. The van der Waals surface area contributed by atoms with E-state index in [1.54, 1.807) is 19.1 Å². The summed E-state index contributed by atoms with van der Waals surface area (Å²) in [6.45, 7) is 14.4. The monoisotopic (exact) mass is 417 g/mol.